The van der Waals surface area contributed by atoms with Gasteiger partial charge in [-0.2, -0.15) is 0 Å². The molecular weight excluding hydrogens is 260 g/mol. The summed E-state index contributed by atoms with van der Waals surface area (Å²) in [5.74, 6) is -0.533. The van der Waals surface area contributed by atoms with Crippen molar-refractivity contribution in [3.63, 3.8) is 0 Å². The number of nitrogens with one attached hydrogen (secondary N) is 1. The van der Waals surface area contributed by atoms with Crippen LogP contribution in [0.1, 0.15) is 35.4 Å². The summed E-state index contributed by atoms with van der Waals surface area (Å²) in [5.41, 5.74) is 0.771. The third-order valence-electron chi connectivity index (χ3n) is 3.00. The van der Waals surface area contributed by atoms with Gasteiger partial charge < -0.3 is 10.1 Å². The summed E-state index contributed by atoms with van der Waals surface area (Å²) in [5, 5.41) is 10.6. The van der Waals surface area contributed by atoms with E-state index in [1.807, 2.05) is 0 Å². The number of rotatable bonds is 7. The molecule has 1 aliphatic carbocycles. The van der Waals surface area contributed by atoms with Gasteiger partial charge in [0.1, 0.15) is 6.61 Å². The number of nitrogens with zero attached hydrogens (tertiary/aromatic N) is 3. The molecule has 2 rings (SSSR count). The molecule has 1 aromatic heterocycles. The highest BCUT2D eigenvalue weighted by molar-refractivity contribution is 5.88. The maximum absolute atomic E-state index is 11.7. The van der Waals surface area contributed by atoms with E-state index in [1.165, 1.54) is 10.8 Å². The molecule has 1 heterocycles. The van der Waals surface area contributed by atoms with E-state index in [4.69, 9.17) is 4.74 Å². The van der Waals surface area contributed by atoms with Crippen molar-refractivity contribution >= 4 is 11.9 Å². The molecule has 0 unspecified atom stereocenters. The highest BCUT2D eigenvalue weighted by Crippen LogP contribution is 2.18. The number of aryl methyl sites for hydroxylation is 1. The smallest absolute Gasteiger partial charge is 0.361 e. The Hall–Kier alpha value is -2.18. The average molecular weight is 278 g/mol. The lowest BCUT2D eigenvalue weighted by Gasteiger charge is -2.05. The van der Waals surface area contributed by atoms with E-state index in [0.29, 0.717) is 24.7 Å². The Kier molecular flexibility index (Phi) is 4.49. The fourth-order valence-electron chi connectivity index (χ4n) is 1.70. The first kappa shape index (κ1) is 14.2. The van der Waals surface area contributed by atoms with E-state index >= 15 is 0 Å². The topological polar surface area (TPSA) is 86.1 Å². The van der Waals surface area contributed by atoms with Crippen LogP contribution >= 0.6 is 0 Å². The second-order valence-corrected chi connectivity index (χ2v) is 4.73. The summed E-state index contributed by atoms with van der Waals surface area (Å²) in [4.78, 5) is 23.2. The van der Waals surface area contributed by atoms with Crippen molar-refractivity contribution in [2.45, 2.75) is 38.8 Å². The predicted octanol–water partition coefficient (Wildman–Crippen LogP) is 0.598. The fourth-order valence-corrected chi connectivity index (χ4v) is 1.70. The highest BCUT2D eigenvalue weighted by Gasteiger charge is 2.23. The lowest BCUT2D eigenvalue weighted by atomic mass is 10.3. The Labute approximate surface area is 117 Å². The van der Waals surface area contributed by atoms with Gasteiger partial charge in [0, 0.05) is 12.5 Å². The molecular formula is C13H18N4O3. The molecule has 20 heavy (non-hydrogen) atoms. The minimum Gasteiger partial charge on any atom is -0.457 e. The Morgan fingerprint density at radius 2 is 2.30 bits per heavy atom. The van der Waals surface area contributed by atoms with E-state index in [-0.39, 0.29) is 18.2 Å². The first-order chi connectivity index (χ1) is 9.61. The molecule has 0 radical (unpaired) electrons. The zero-order valence-corrected chi connectivity index (χ0v) is 11.5. The normalized spacial score (nSPS) is 13.8. The first-order valence-corrected chi connectivity index (χ1v) is 6.59. The Bertz CT molecular complexity index is 520. The van der Waals surface area contributed by atoms with Gasteiger partial charge in [-0.15, -0.1) is 5.10 Å². The summed E-state index contributed by atoms with van der Waals surface area (Å²) in [6.45, 7) is 5.72. The van der Waals surface area contributed by atoms with Crippen LogP contribution in [0.4, 0.5) is 0 Å². The molecule has 0 aromatic carbocycles. The number of hydrogen-bond donors (Lipinski definition) is 1. The van der Waals surface area contributed by atoms with Crippen molar-refractivity contribution in [1.82, 2.24) is 20.3 Å². The number of carbonyl (C=O) groups is 2. The molecule has 7 nitrogen and oxygen atoms in total. The zero-order valence-electron chi connectivity index (χ0n) is 11.5. The minimum absolute atomic E-state index is 0.00168. The highest BCUT2D eigenvalue weighted by atomic mass is 16.5. The van der Waals surface area contributed by atoms with E-state index < -0.39 is 5.97 Å². The third kappa shape index (κ3) is 3.66. The van der Waals surface area contributed by atoms with Gasteiger partial charge in [0.15, 0.2) is 5.69 Å². The fraction of sp³-hybridized carbons (Fsp3) is 0.538. The Morgan fingerprint density at radius 1 is 1.55 bits per heavy atom. The lowest BCUT2D eigenvalue weighted by molar-refractivity contribution is -0.121. The van der Waals surface area contributed by atoms with Gasteiger partial charge in [-0.3, -0.25) is 4.79 Å². The van der Waals surface area contributed by atoms with E-state index in [0.717, 1.165) is 12.8 Å². The van der Waals surface area contributed by atoms with Crippen LogP contribution in [0.15, 0.2) is 12.7 Å². The van der Waals surface area contributed by atoms with Crippen LogP contribution in [0.25, 0.3) is 0 Å². The molecule has 1 aliphatic rings. The van der Waals surface area contributed by atoms with Crippen LogP contribution in [0.3, 0.4) is 0 Å². The van der Waals surface area contributed by atoms with Crippen LogP contribution in [0, 0.1) is 6.92 Å². The zero-order chi connectivity index (χ0) is 14.5. The predicted molar refractivity (Wildman–Crippen MR) is 71.0 cm³/mol. The van der Waals surface area contributed by atoms with Gasteiger partial charge in [0.25, 0.3) is 0 Å². The summed E-state index contributed by atoms with van der Waals surface area (Å²) in [7, 11) is 0. The van der Waals surface area contributed by atoms with Crippen LogP contribution in [-0.2, 0) is 16.1 Å². The molecule has 1 fully saturated rings. The minimum atomic E-state index is -0.531. The number of hydrogen-bond acceptors (Lipinski definition) is 5. The SMILES string of the molecule is C=CCOC(=O)c1nnn(CCC(=O)NC2CC2)c1C. The third-order valence-corrected chi connectivity index (χ3v) is 3.00. The van der Waals surface area contributed by atoms with Crippen molar-refractivity contribution in [1.29, 1.82) is 0 Å². The maximum atomic E-state index is 11.7. The van der Waals surface area contributed by atoms with Gasteiger partial charge in [-0.25, -0.2) is 9.48 Å². The van der Waals surface area contributed by atoms with Gasteiger partial charge in [0.2, 0.25) is 5.91 Å². The summed E-state index contributed by atoms with van der Waals surface area (Å²) in [6, 6.07) is 0.351. The van der Waals surface area contributed by atoms with E-state index in [2.05, 4.69) is 22.2 Å². The monoisotopic (exact) mass is 278 g/mol. The van der Waals surface area contributed by atoms with Gasteiger partial charge >= 0.3 is 5.97 Å². The van der Waals surface area contributed by atoms with Crippen molar-refractivity contribution in [3.8, 4) is 0 Å². The molecule has 1 amide bonds. The molecule has 0 spiro atoms. The molecule has 0 bridgehead atoms. The molecule has 108 valence electrons. The number of esters is 1. The van der Waals surface area contributed by atoms with E-state index in [1.54, 1.807) is 6.92 Å². The summed E-state index contributed by atoms with van der Waals surface area (Å²) >= 11 is 0. The van der Waals surface area contributed by atoms with Crippen molar-refractivity contribution in [3.05, 3.63) is 24.0 Å². The molecule has 0 atom stereocenters. The average Bonchev–Trinajstić information content (AvgIpc) is 3.16. The van der Waals surface area contributed by atoms with Crippen molar-refractivity contribution in [2.75, 3.05) is 6.61 Å². The molecule has 1 aromatic rings. The van der Waals surface area contributed by atoms with Crippen LogP contribution in [0.2, 0.25) is 0 Å². The Balaban J connectivity index is 1.88. The summed E-state index contributed by atoms with van der Waals surface area (Å²) in [6.07, 6.45) is 3.93. The lowest BCUT2D eigenvalue weighted by Crippen LogP contribution is -2.26. The maximum Gasteiger partial charge on any atom is 0.361 e. The first-order valence-electron chi connectivity index (χ1n) is 6.59. The van der Waals surface area contributed by atoms with Crippen LogP contribution in [0.5, 0.6) is 0 Å². The Morgan fingerprint density at radius 3 is 2.95 bits per heavy atom. The van der Waals surface area contributed by atoms with Crippen molar-refractivity contribution in [2.24, 2.45) is 0 Å². The van der Waals surface area contributed by atoms with Gasteiger partial charge in [0.05, 0.1) is 12.2 Å². The number of aromatic nitrogens is 3. The summed E-state index contributed by atoms with van der Waals surface area (Å²) < 4.78 is 6.44. The van der Waals surface area contributed by atoms with E-state index in [9.17, 15) is 9.59 Å². The number of amides is 1. The second-order valence-electron chi connectivity index (χ2n) is 4.73. The number of ether oxygens (including phenoxy) is 1. The molecule has 0 saturated heterocycles. The van der Waals surface area contributed by atoms with Gasteiger partial charge in [-0.05, 0) is 19.8 Å². The molecule has 1 N–H and O–H groups in total. The second kappa shape index (κ2) is 6.31. The quantitative estimate of drug-likeness (QED) is 0.583. The molecule has 1 saturated carbocycles. The van der Waals surface area contributed by atoms with Crippen LogP contribution in [-0.4, -0.2) is 39.5 Å². The van der Waals surface area contributed by atoms with Crippen LogP contribution < -0.4 is 5.32 Å². The molecule has 0 aliphatic heterocycles. The van der Waals surface area contributed by atoms with Crippen molar-refractivity contribution < 1.29 is 14.3 Å². The largest absolute Gasteiger partial charge is 0.457 e. The number of carbonyl (C=O) groups excluding carboxylic acids is 2. The molecule has 7 heteroatoms. The van der Waals surface area contributed by atoms with Gasteiger partial charge in [-0.1, -0.05) is 17.9 Å². The standard InChI is InChI=1S/C13H18N4O3/c1-3-8-20-13(19)12-9(2)17(16-15-12)7-6-11(18)14-10-4-5-10/h3,10H,1,4-8H2,2H3,(H,14,18).